The summed E-state index contributed by atoms with van der Waals surface area (Å²) in [6, 6.07) is 0. The maximum absolute atomic E-state index is 12.9. The van der Waals surface area contributed by atoms with E-state index in [1.807, 2.05) is 0 Å². The normalized spacial score (nSPS) is 12.5. The van der Waals surface area contributed by atoms with Crippen LogP contribution >= 0.6 is 0 Å². The van der Waals surface area contributed by atoms with Crippen LogP contribution in [0.3, 0.4) is 0 Å². The Hall–Kier alpha value is -3.15. The number of carbonyl (C=O) groups excluding carboxylic acids is 3. The Bertz CT molecular complexity index is 1360. The maximum Gasteiger partial charge on any atom is 0.306 e. The van der Waals surface area contributed by atoms with Crippen molar-refractivity contribution < 1.29 is 28.6 Å². The number of esters is 3. The van der Waals surface area contributed by atoms with Gasteiger partial charge in [0.1, 0.15) is 13.2 Å². The van der Waals surface area contributed by atoms with E-state index in [9.17, 15) is 14.4 Å². The molecule has 0 aromatic rings. The van der Waals surface area contributed by atoms with E-state index in [0.29, 0.717) is 19.3 Å². The highest BCUT2D eigenvalue weighted by atomic mass is 16.6. The van der Waals surface area contributed by atoms with E-state index < -0.39 is 6.10 Å². The molecule has 6 nitrogen and oxygen atoms in total. The van der Waals surface area contributed by atoms with Crippen LogP contribution in [-0.4, -0.2) is 37.2 Å². The molecule has 0 amide bonds. The minimum Gasteiger partial charge on any atom is -0.462 e. The van der Waals surface area contributed by atoms with Crippen LogP contribution in [0.5, 0.6) is 0 Å². The molecular weight excluding hydrogens is 901 g/mol. The Balaban J connectivity index is 4.43. The van der Waals surface area contributed by atoms with Gasteiger partial charge in [-0.2, -0.15) is 0 Å². The van der Waals surface area contributed by atoms with Crippen molar-refractivity contribution in [3.8, 4) is 0 Å². The van der Waals surface area contributed by atoms with Gasteiger partial charge in [0.15, 0.2) is 6.10 Å². The molecule has 0 saturated heterocycles. The summed E-state index contributed by atoms with van der Waals surface area (Å²) in [5.41, 5.74) is 0. The zero-order valence-electron chi connectivity index (χ0n) is 48.4. The van der Waals surface area contributed by atoms with Gasteiger partial charge in [-0.15, -0.1) is 0 Å². The van der Waals surface area contributed by atoms with E-state index in [2.05, 4.69) is 93.7 Å². The van der Waals surface area contributed by atoms with Gasteiger partial charge >= 0.3 is 17.9 Å². The molecule has 73 heavy (non-hydrogen) atoms. The first-order valence-corrected chi connectivity index (χ1v) is 31.4. The molecule has 0 aliphatic heterocycles. The lowest BCUT2D eigenvalue weighted by molar-refractivity contribution is -0.167. The lowest BCUT2D eigenvalue weighted by atomic mass is 10.0. The van der Waals surface area contributed by atoms with Crippen molar-refractivity contribution in [2.45, 2.75) is 322 Å². The molecule has 1 atom stereocenters. The number of allylic oxidation sites excluding steroid dienone is 12. The molecule has 0 radical (unpaired) electrons. The molecular formula is C67H118O6. The molecule has 422 valence electrons. The lowest BCUT2D eigenvalue weighted by Crippen LogP contribution is -2.30. The fourth-order valence-corrected chi connectivity index (χ4v) is 8.94. The van der Waals surface area contributed by atoms with Crippen LogP contribution in [-0.2, 0) is 28.6 Å². The molecule has 0 aliphatic rings. The second-order valence-corrected chi connectivity index (χ2v) is 21.0. The molecule has 0 aromatic carbocycles. The van der Waals surface area contributed by atoms with Gasteiger partial charge in [-0.3, -0.25) is 14.4 Å². The van der Waals surface area contributed by atoms with Gasteiger partial charge < -0.3 is 14.2 Å². The van der Waals surface area contributed by atoms with Crippen molar-refractivity contribution >= 4 is 17.9 Å². The highest BCUT2D eigenvalue weighted by Crippen LogP contribution is 2.17. The molecule has 0 unspecified atom stereocenters. The van der Waals surface area contributed by atoms with Crippen molar-refractivity contribution in [3.63, 3.8) is 0 Å². The fraction of sp³-hybridized carbons (Fsp3) is 0.776. The molecule has 0 N–H and O–H groups in total. The maximum atomic E-state index is 12.9. The molecule has 0 heterocycles. The summed E-state index contributed by atoms with van der Waals surface area (Å²) in [5, 5.41) is 0. The smallest absolute Gasteiger partial charge is 0.306 e. The number of hydrogen-bond acceptors (Lipinski definition) is 6. The first kappa shape index (κ1) is 69.8. The molecule has 0 bridgehead atoms. The van der Waals surface area contributed by atoms with E-state index in [0.717, 1.165) is 70.6 Å². The molecule has 0 spiro atoms. The monoisotopic (exact) mass is 1020 g/mol. The number of ether oxygens (including phenoxy) is 3. The van der Waals surface area contributed by atoms with Crippen molar-refractivity contribution in [2.24, 2.45) is 0 Å². The van der Waals surface area contributed by atoms with Gasteiger partial charge in [-0.05, 0) is 89.9 Å². The Morgan fingerprint density at radius 2 is 0.507 bits per heavy atom. The average molecular weight is 1020 g/mol. The largest absolute Gasteiger partial charge is 0.462 e. The van der Waals surface area contributed by atoms with E-state index in [1.54, 1.807) is 0 Å². The third-order valence-corrected chi connectivity index (χ3v) is 13.7. The lowest BCUT2D eigenvalue weighted by Gasteiger charge is -2.18. The highest BCUT2D eigenvalue weighted by molar-refractivity contribution is 5.71. The minimum absolute atomic E-state index is 0.0920. The SMILES string of the molecule is CCCCC/C=C\C/C=C\C/C=C\C/C=C\CCCC(=O)OC[C@@H](COC(=O)CCCCCCCCCCC/C=C\C/C=C\CCCCC)OC(=O)CCCCCCCCCCCCCCCCCCCCC. The van der Waals surface area contributed by atoms with Crippen molar-refractivity contribution in [2.75, 3.05) is 13.2 Å². The predicted molar refractivity (Wildman–Crippen MR) is 316 cm³/mol. The van der Waals surface area contributed by atoms with Crippen LogP contribution in [0.25, 0.3) is 0 Å². The number of hydrogen-bond donors (Lipinski definition) is 0. The van der Waals surface area contributed by atoms with E-state index in [1.165, 1.54) is 199 Å². The van der Waals surface area contributed by atoms with Crippen LogP contribution in [0.1, 0.15) is 316 Å². The van der Waals surface area contributed by atoms with Crippen LogP contribution in [0.4, 0.5) is 0 Å². The number of unbranched alkanes of at least 4 members (excludes halogenated alkanes) is 34. The van der Waals surface area contributed by atoms with Crippen LogP contribution in [0, 0.1) is 0 Å². The van der Waals surface area contributed by atoms with Gasteiger partial charge in [0, 0.05) is 19.3 Å². The first-order valence-electron chi connectivity index (χ1n) is 31.4. The van der Waals surface area contributed by atoms with Gasteiger partial charge in [-0.1, -0.05) is 280 Å². The summed E-state index contributed by atoms with van der Waals surface area (Å²) in [6.07, 6.45) is 79.0. The predicted octanol–water partition coefficient (Wildman–Crippen LogP) is 21.3. The Morgan fingerprint density at radius 3 is 0.849 bits per heavy atom. The van der Waals surface area contributed by atoms with E-state index in [4.69, 9.17) is 14.2 Å². The number of carbonyl (C=O) groups is 3. The van der Waals surface area contributed by atoms with Gasteiger partial charge in [0.2, 0.25) is 0 Å². The standard InChI is InChI=1S/C67H118O6/c1-4-7-10-13-16-19-22-25-28-31-33-36-39-42-45-48-51-54-57-60-66(69)72-63-64(62-71-65(68)59-56-53-50-47-44-41-38-35-30-27-24-21-18-15-12-9-6-3)73-67(70)61-58-55-52-49-46-43-40-37-34-32-29-26-23-20-17-14-11-8-5-2/h16,18-19,21,25,27-28,30,38,41,47,50,64H,4-15,17,20,22-24,26,29,31-37,39-40,42-46,48-49,51-63H2,1-3H3/b19-16-,21-18-,28-25-,30-27-,41-38-,50-47-/t64-/m0/s1. The molecule has 0 fully saturated rings. The van der Waals surface area contributed by atoms with Crippen LogP contribution in [0.15, 0.2) is 72.9 Å². The zero-order valence-corrected chi connectivity index (χ0v) is 48.4. The quantitative estimate of drug-likeness (QED) is 0.0261. The molecule has 6 heteroatoms. The molecule has 0 rings (SSSR count). The van der Waals surface area contributed by atoms with Crippen molar-refractivity contribution in [1.82, 2.24) is 0 Å². The average Bonchev–Trinajstić information content (AvgIpc) is 3.39. The van der Waals surface area contributed by atoms with E-state index >= 15 is 0 Å². The van der Waals surface area contributed by atoms with Crippen LogP contribution in [0.2, 0.25) is 0 Å². The summed E-state index contributed by atoms with van der Waals surface area (Å²) < 4.78 is 16.9. The summed E-state index contributed by atoms with van der Waals surface area (Å²) in [4.78, 5) is 38.3. The fourth-order valence-electron chi connectivity index (χ4n) is 8.94. The third-order valence-electron chi connectivity index (χ3n) is 13.7. The molecule has 0 saturated carbocycles. The first-order chi connectivity index (χ1) is 36.0. The van der Waals surface area contributed by atoms with Crippen LogP contribution < -0.4 is 0 Å². The molecule has 0 aromatic heterocycles. The minimum atomic E-state index is -0.799. The highest BCUT2D eigenvalue weighted by Gasteiger charge is 2.19. The van der Waals surface area contributed by atoms with Crippen molar-refractivity contribution in [3.05, 3.63) is 72.9 Å². The summed E-state index contributed by atoms with van der Waals surface area (Å²) in [6.45, 7) is 6.58. The Kier molecular flexibility index (Phi) is 58.7. The summed E-state index contributed by atoms with van der Waals surface area (Å²) >= 11 is 0. The van der Waals surface area contributed by atoms with E-state index in [-0.39, 0.29) is 37.5 Å². The zero-order chi connectivity index (χ0) is 52.9. The second-order valence-electron chi connectivity index (χ2n) is 21.0. The van der Waals surface area contributed by atoms with Crippen molar-refractivity contribution in [1.29, 1.82) is 0 Å². The topological polar surface area (TPSA) is 78.9 Å². The van der Waals surface area contributed by atoms with Gasteiger partial charge in [-0.25, -0.2) is 0 Å². The molecule has 0 aliphatic carbocycles. The van der Waals surface area contributed by atoms with Gasteiger partial charge in [0.25, 0.3) is 0 Å². The Morgan fingerprint density at radius 1 is 0.274 bits per heavy atom. The Labute approximate surface area is 453 Å². The van der Waals surface area contributed by atoms with Gasteiger partial charge in [0.05, 0.1) is 0 Å². The third kappa shape index (κ3) is 59.6. The second kappa shape index (κ2) is 61.4. The summed E-state index contributed by atoms with van der Waals surface area (Å²) in [5.74, 6) is -0.939. The number of rotatable bonds is 57. The summed E-state index contributed by atoms with van der Waals surface area (Å²) in [7, 11) is 0.